The fourth-order valence-corrected chi connectivity index (χ4v) is 7.99. The summed E-state index contributed by atoms with van der Waals surface area (Å²) in [6, 6.07) is 0. The normalized spacial score (nSPS) is 12.6. The van der Waals surface area contributed by atoms with E-state index in [4.69, 9.17) is 14.2 Å². The van der Waals surface area contributed by atoms with Crippen molar-refractivity contribution in [2.75, 3.05) is 19.8 Å². The molecule has 0 heterocycles. The summed E-state index contributed by atoms with van der Waals surface area (Å²) in [5.41, 5.74) is 0. The highest BCUT2D eigenvalue weighted by molar-refractivity contribution is 5.70. The first-order chi connectivity index (χ1) is 31.6. The zero-order valence-electron chi connectivity index (χ0n) is 42.8. The van der Waals surface area contributed by atoms with E-state index in [1.54, 1.807) is 0 Å². The predicted octanol–water partition coefficient (Wildman–Crippen LogP) is 18.9. The monoisotopic (exact) mass is 895 g/mol. The molecule has 0 aromatic rings. The summed E-state index contributed by atoms with van der Waals surface area (Å²) in [4.78, 5) is 25.5. The summed E-state index contributed by atoms with van der Waals surface area (Å²) in [5, 5.41) is 0. The highest BCUT2D eigenvalue weighted by Crippen LogP contribution is 2.16. The third-order valence-corrected chi connectivity index (χ3v) is 12.1. The molecule has 0 saturated heterocycles. The van der Waals surface area contributed by atoms with E-state index in [1.807, 2.05) is 0 Å². The van der Waals surface area contributed by atoms with Crippen molar-refractivity contribution in [2.24, 2.45) is 0 Å². The summed E-state index contributed by atoms with van der Waals surface area (Å²) >= 11 is 0. The predicted molar refractivity (Wildman–Crippen MR) is 279 cm³/mol. The lowest BCUT2D eigenvalue weighted by Crippen LogP contribution is -2.30. The van der Waals surface area contributed by atoms with Crippen LogP contribution in [0.1, 0.15) is 278 Å². The third-order valence-electron chi connectivity index (χ3n) is 12.1. The second-order valence-corrected chi connectivity index (χ2v) is 18.5. The van der Waals surface area contributed by atoms with E-state index in [2.05, 4.69) is 81.5 Å². The van der Waals surface area contributed by atoms with Crippen LogP contribution in [0.25, 0.3) is 0 Å². The zero-order chi connectivity index (χ0) is 46.3. The lowest BCUT2D eigenvalue weighted by Gasteiger charge is -2.18. The first-order valence-electron chi connectivity index (χ1n) is 27.8. The fraction of sp³-hybridized carbons (Fsp3) is 0.797. The largest absolute Gasteiger partial charge is 0.462 e. The SMILES string of the molecule is CC/C=C\C/C=C\C/C=C\C/C=C\C/C=C\CCOCC(COC(=O)CCCCCCCCCCCCCCCCCCC)OC(=O)CCCCCCCCCCCCCCCCC. The quantitative estimate of drug-likeness (QED) is 0.0346. The van der Waals surface area contributed by atoms with E-state index in [1.165, 1.54) is 180 Å². The van der Waals surface area contributed by atoms with Crippen molar-refractivity contribution in [3.05, 3.63) is 60.8 Å². The van der Waals surface area contributed by atoms with Gasteiger partial charge in [0.05, 0.1) is 13.2 Å². The molecule has 0 aliphatic carbocycles. The molecule has 1 unspecified atom stereocenters. The summed E-state index contributed by atoms with van der Waals surface area (Å²) in [6.45, 7) is 7.55. The summed E-state index contributed by atoms with van der Waals surface area (Å²) in [7, 11) is 0. The molecule has 0 aromatic heterocycles. The van der Waals surface area contributed by atoms with Crippen molar-refractivity contribution in [1.82, 2.24) is 0 Å². The molecule has 0 bridgehead atoms. The lowest BCUT2D eigenvalue weighted by molar-refractivity contribution is -0.162. The highest BCUT2D eigenvalue weighted by Gasteiger charge is 2.17. The van der Waals surface area contributed by atoms with E-state index in [-0.39, 0.29) is 25.2 Å². The van der Waals surface area contributed by atoms with E-state index in [9.17, 15) is 9.59 Å². The Labute approximate surface area is 398 Å². The molecule has 5 heteroatoms. The Morgan fingerprint density at radius 1 is 0.359 bits per heavy atom. The number of hydrogen-bond acceptors (Lipinski definition) is 5. The first kappa shape index (κ1) is 61.6. The number of rotatable bonds is 51. The van der Waals surface area contributed by atoms with Gasteiger partial charge in [-0.05, 0) is 51.4 Å². The van der Waals surface area contributed by atoms with Gasteiger partial charge in [-0.3, -0.25) is 9.59 Å². The minimum absolute atomic E-state index is 0.0596. The van der Waals surface area contributed by atoms with Crippen LogP contribution >= 0.6 is 0 Å². The van der Waals surface area contributed by atoms with Gasteiger partial charge in [0.25, 0.3) is 0 Å². The number of allylic oxidation sites excluding steroid dienone is 9. The fourth-order valence-electron chi connectivity index (χ4n) is 7.99. The maximum absolute atomic E-state index is 12.8. The van der Waals surface area contributed by atoms with E-state index < -0.39 is 6.10 Å². The van der Waals surface area contributed by atoms with Crippen molar-refractivity contribution in [1.29, 1.82) is 0 Å². The van der Waals surface area contributed by atoms with Crippen molar-refractivity contribution in [3.8, 4) is 0 Å². The van der Waals surface area contributed by atoms with Crippen molar-refractivity contribution in [2.45, 2.75) is 284 Å². The molecule has 0 N–H and O–H groups in total. The number of carbonyl (C=O) groups is 2. The Morgan fingerprint density at radius 2 is 0.672 bits per heavy atom. The summed E-state index contributed by atoms with van der Waals surface area (Å²) in [6.07, 6.45) is 69.7. The standard InChI is InChI=1S/C59H106O5/c1-4-7-10-13-16-19-22-25-28-30-32-34-37-40-43-46-49-52-58(60)63-56-57(55-62-54-51-48-45-42-39-36-33-29-26-23-20-17-14-11-8-5-2)64-59(61)53-50-47-44-41-38-35-31-27-24-21-18-15-12-9-6-3/h8,11,17,20,26,29,36,39,45,48,57H,4-7,9-10,12-16,18-19,21-25,27-28,30-35,37-38,40-44,46-47,49-56H2,1-3H3/b11-8-,20-17-,29-26-,39-36-,48-45-. The Bertz CT molecular complexity index is 1100. The molecule has 64 heavy (non-hydrogen) atoms. The minimum Gasteiger partial charge on any atom is -0.462 e. The molecule has 0 saturated carbocycles. The smallest absolute Gasteiger partial charge is 0.306 e. The summed E-state index contributed by atoms with van der Waals surface area (Å²) < 4.78 is 17.4. The molecule has 0 amide bonds. The number of unbranched alkanes of at least 4 members (excludes halogenated alkanes) is 30. The van der Waals surface area contributed by atoms with Crippen molar-refractivity contribution >= 4 is 11.9 Å². The maximum atomic E-state index is 12.8. The molecule has 5 nitrogen and oxygen atoms in total. The molecule has 0 aliphatic rings. The van der Waals surface area contributed by atoms with Gasteiger partial charge in [0.15, 0.2) is 6.10 Å². The van der Waals surface area contributed by atoms with Crippen LogP contribution in [0, 0.1) is 0 Å². The van der Waals surface area contributed by atoms with Crippen LogP contribution < -0.4 is 0 Å². The third kappa shape index (κ3) is 52.2. The lowest BCUT2D eigenvalue weighted by atomic mass is 10.0. The van der Waals surface area contributed by atoms with Crippen LogP contribution in [0.15, 0.2) is 60.8 Å². The number of esters is 2. The van der Waals surface area contributed by atoms with Gasteiger partial charge in [0, 0.05) is 12.8 Å². The Hall–Kier alpha value is -2.40. The minimum atomic E-state index is -0.573. The van der Waals surface area contributed by atoms with Crippen LogP contribution in [-0.2, 0) is 23.8 Å². The van der Waals surface area contributed by atoms with Gasteiger partial charge in [0.1, 0.15) is 6.61 Å². The van der Waals surface area contributed by atoms with Gasteiger partial charge in [0.2, 0.25) is 0 Å². The Balaban J connectivity index is 4.33. The van der Waals surface area contributed by atoms with Crippen LogP contribution in [0.4, 0.5) is 0 Å². The molecular weight excluding hydrogens is 789 g/mol. The Kier molecular flexibility index (Phi) is 52.9. The number of carbonyl (C=O) groups excluding carboxylic acids is 2. The van der Waals surface area contributed by atoms with Gasteiger partial charge >= 0.3 is 11.9 Å². The van der Waals surface area contributed by atoms with Crippen LogP contribution in [0.5, 0.6) is 0 Å². The number of hydrogen-bond donors (Lipinski definition) is 0. The van der Waals surface area contributed by atoms with E-state index in [0.717, 1.165) is 64.2 Å². The molecule has 0 fully saturated rings. The van der Waals surface area contributed by atoms with Gasteiger partial charge in [-0.25, -0.2) is 0 Å². The van der Waals surface area contributed by atoms with Gasteiger partial charge in [-0.15, -0.1) is 0 Å². The molecular formula is C59H106O5. The van der Waals surface area contributed by atoms with Gasteiger partial charge < -0.3 is 14.2 Å². The molecule has 0 aliphatic heterocycles. The molecule has 0 rings (SSSR count). The zero-order valence-corrected chi connectivity index (χ0v) is 42.8. The molecule has 0 spiro atoms. The van der Waals surface area contributed by atoms with Crippen LogP contribution in [0.3, 0.4) is 0 Å². The number of ether oxygens (including phenoxy) is 3. The highest BCUT2D eigenvalue weighted by atomic mass is 16.6. The Morgan fingerprint density at radius 3 is 1.03 bits per heavy atom. The van der Waals surface area contributed by atoms with Crippen molar-refractivity contribution in [3.63, 3.8) is 0 Å². The molecule has 0 radical (unpaired) electrons. The second-order valence-electron chi connectivity index (χ2n) is 18.5. The van der Waals surface area contributed by atoms with Crippen LogP contribution in [-0.4, -0.2) is 37.9 Å². The maximum Gasteiger partial charge on any atom is 0.306 e. The molecule has 372 valence electrons. The average Bonchev–Trinajstić information content (AvgIpc) is 3.30. The van der Waals surface area contributed by atoms with E-state index in [0.29, 0.717) is 19.4 Å². The van der Waals surface area contributed by atoms with Crippen molar-refractivity contribution < 1.29 is 23.8 Å². The van der Waals surface area contributed by atoms with E-state index >= 15 is 0 Å². The first-order valence-corrected chi connectivity index (χ1v) is 27.8. The second kappa shape index (κ2) is 54.9. The topological polar surface area (TPSA) is 61.8 Å². The average molecular weight is 895 g/mol. The van der Waals surface area contributed by atoms with Gasteiger partial charge in [-0.1, -0.05) is 274 Å². The van der Waals surface area contributed by atoms with Crippen LogP contribution in [0.2, 0.25) is 0 Å². The molecule has 0 aromatic carbocycles. The molecule has 1 atom stereocenters. The summed E-state index contributed by atoms with van der Waals surface area (Å²) in [5.74, 6) is -0.423. The van der Waals surface area contributed by atoms with Gasteiger partial charge in [-0.2, -0.15) is 0 Å².